The molecular weight excluding hydrogens is 268 g/mol. The van der Waals surface area contributed by atoms with E-state index in [1.807, 2.05) is 6.92 Å². The van der Waals surface area contributed by atoms with E-state index >= 15 is 0 Å². The third-order valence-electron chi connectivity index (χ3n) is 4.85. The Morgan fingerprint density at radius 1 is 1.33 bits per heavy atom. The maximum Gasteiger partial charge on any atom is 0.335 e. The van der Waals surface area contributed by atoms with E-state index in [0.29, 0.717) is 5.69 Å². The van der Waals surface area contributed by atoms with Crippen molar-refractivity contribution in [2.75, 3.05) is 18.4 Å². The van der Waals surface area contributed by atoms with Crippen molar-refractivity contribution in [1.82, 2.24) is 5.32 Å². The van der Waals surface area contributed by atoms with Gasteiger partial charge >= 0.3 is 5.97 Å². The van der Waals surface area contributed by atoms with Crippen LogP contribution in [-0.4, -0.2) is 30.1 Å². The van der Waals surface area contributed by atoms with Gasteiger partial charge in [-0.1, -0.05) is 6.07 Å². The highest BCUT2D eigenvalue weighted by atomic mass is 16.4. The Balaban J connectivity index is 1.71. The minimum Gasteiger partial charge on any atom is -0.478 e. The molecule has 2 fully saturated rings. The molecule has 0 radical (unpaired) electrons. The molecule has 3 rings (SSSR count). The molecule has 1 spiro atoms. The van der Waals surface area contributed by atoms with E-state index < -0.39 is 5.97 Å². The second kappa shape index (κ2) is 5.15. The fraction of sp³-hybridized carbons (Fsp3) is 0.500. The summed E-state index contributed by atoms with van der Waals surface area (Å²) in [4.78, 5) is 23.4. The van der Waals surface area contributed by atoms with Gasteiger partial charge in [-0.05, 0) is 62.4 Å². The first-order valence-corrected chi connectivity index (χ1v) is 7.37. The third kappa shape index (κ3) is 2.65. The topological polar surface area (TPSA) is 78.4 Å². The van der Waals surface area contributed by atoms with E-state index in [2.05, 4.69) is 10.6 Å². The summed E-state index contributed by atoms with van der Waals surface area (Å²) in [6.07, 6.45) is 3.07. The molecule has 21 heavy (non-hydrogen) atoms. The number of aromatic carboxylic acids is 1. The van der Waals surface area contributed by atoms with Gasteiger partial charge in [0.25, 0.3) is 0 Å². The number of hydrogen-bond donors (Lipinski definition) is 3. The number of piperidine rings is 1. The largest absolute Gasteiger partial charge is 0.478 e. The SMILES string of the molecule is Cc1ccc(C(=O)O)cc1NC(=O)C1CC12CCNCC2. The summed E-state index contributed by atoms with van der Waals surface area (Å²) in [6, 6.07) is 4.82. The lowest BCUT2D eigenvalue weighted by molar-refractivity contribution is -0.118. The molecule has 1 saturated carbocycles. The van der Waals surface area contributed by atoms with Crippen molar-refractivity contribution in [3.05, 3.63) is 29.3 Å². The summed E-state index contributed by atoms with van der Waals surface area (Å²) in [7, 11) is 0. The van der Waals surface area contributed by atoms with Crippen molar-refractivity contribution in [2.45, 2.75) is 26.2 Å². The molecule has 1 amide bonds. The van der Waals surface area contributed by atoms with Crippen LogP contribution in [0.5, 0.6) is 0 Å². The van der Waals surface area contributed by atoms with Gasteiger partial charge in [0, 0.05) is 11.6 Å². The van der Waals surface area contributed by atoms with Crippen molar-refractivity contribution in [1.29, 1.82) is 0 Å². The fourth-order valence-corrected chi connectivity index (χ4v) is 3.31. The number of anilines is 1. The predicted molar refractivity (Wildman–Crippen MR) is 79.4 cm³/mol. The fourth-order valence-electron chi connectivity index (χ4n) is 3.31. The highest BCUT2D eigenvalue weighted by Crippen LogP contribution is 2.58. The summed E-state index contributed by atoms with van der Waals surface area (Å²) in [5.41, 5.74) is 1.88. The van der Waals surface area contributed by atoms with Gasteiger partial charge < -0.3 is 15.7 Å². The Labute approximate surface area is 123 Å². The molecule has 0 bridgehead atoms. The summed E-state index contributed by atoms with van der Waals surface area (Å²) in [5.74, 6) is -0.873. The van der Waals surface area contributed by atoms with Crippen LogP contribution in [-0.2, 0) is 4.79 Å². The van der Waals surface area contributed by atoms with Gasteiger partial charge in [0.15, 0.2) is 0 Å². The smallest absolute Gasteiger partial charge is 0.335 e. The second-order valence-electron chi connectivity index (χ2n) is 6.19. The van der Waals surface area contributed by atoms with Crippen LogP contribution >= 0.6 is 0 Å². The molecule has 0 aromatic heterocycles. The van der Waals surface area contributed by atoms with Crippen molar-refractivity contribution in [3.63, 3.8) is 0 Å². The second-order valence-corrected chi connectivity index (χ2v) is 6.19. The van der Waals surface area contributed by atoms with E-state index in [4.69, 9.17) is 5.11 Å². The van der Waals surface area contributed by atoms with Gasteiger partial charge in [-0.15, -0.1) is 0 Å². The highest BCUT2D eigenvalue weighted by molar-refractivity contribution is 5.97. The average molecular weight is 288 g/mol. The Hall–Kier alpha value is -1.88. The number of carbonyl (C=O) groups excluding carboxylic acids is 1. The molecule has 1 aromatic rings. The van der Waals surface area contributed by atoms with E-state index in [9.17, 15) is 9.59 Å². The lowest BCUT2D eigenvalue weighted by atomic mass is 9.91. The van der Waals surface area contributed by atoms with Crippen LogP contribution in [0.4, 0.5) is 5.69 Å². The number of aryl methyl sites for hydroxylation is 1. The number of carbonyl (C=O) groups is 2. The first-order valence-electron chi connectivity index (χ1n) is 7.37. The zero-order valence-electron chi connectivity index (χ0n) is 12.1. The van der Waals surface area contributed by atoms with Gasteiger partial charge in [-0.25, -0.2) is 4.79 Å². The number of hydrogen-bond acceptors (Lipinski definition) is 3. The summed E-state index contributed by atoms with van der Waals surface area (Å²) in [5, 5.41) is 15.3. The quantitative estimate of drug-likeness (QED) is 0.795. The van der Waals surface area contributed by atoms with Gasteiger partial charge in [-0.2, -0.15) is 0 Å². The summed E-state index contributed by atoms with van der Waals surface area (Å²) in [6.45, 7) is 3.84. The van der Waals surface area contributed by atoms with E-state index in [-0.39, 0.29) is 22.8 Å². The normalized spacial score (nSPS) is 22.8. The first kappa shape index (κ1) is 14.1. The molecule has 5 heteroatoms. The standard InChI is InChI=1S/C16H20N2O3/c1-10-2-3-11(15(20)21)8-13(10)18-14(19)12-9-16(12)4-6-17-7-5-16/h2-3,8,12,17H,4-7,9H2,1H3,(H,18,19)(H,20,21). The Morgan fingerprint density at radius 2 is 2.05 bits per heavy atom. The molecule has 1 aliphatic carbocycles. The van der Waals surface area contributed by atoms with Crippen LogP contribution in [0.1, 0.15) is 35.2 Å². The van der Waals surface area contributed by atoms with Gasteiger partial charge in [0.1, 0.15) is 0 Å². The van der Waals surface area contributed by atoms with Gasteiger partial charge in [0.2, 0.25) is 5.91 Å². The van der Waals surface area contributed by atoms with Gasteiger partial charge in [0.05, 0.1) is 5.56 Å². The van der Waals surface area contributed by atoms with Crippen molar-refractivity contribution in [2.24, 2.45) is 11.3 Å². The molecule has 1 saturated heterocycles. The van der Waals surface area contributed by atoms with Gasteiger partial charge in [-0.3, -0.25) is 4.79 Å². The molecule has 3 N–H and O–H groups in total. The van der Waals surface area contributed by atoms with Crippen LogP contribution < -0.4 is 10.6 Å². The van der Waals surface area contributed by atoms with Crippen LogP contribution in [0.25, 0.3) is 0 Å². The Kier molecular flexibility index (Phi) is 3.45. The molecule has 1 unspecified atom stereocenters. The number of carboxylic acids is 1. The van der Waals surface area contributed by atoms with Crippen LogP contribution in [0, 0.1) is 18.3 Å². The molecule has 1 heterocycles. The zero-order chi connectivity index (χ0) is 15.0. The minimum atomic E-state index is -0.980. The zero-order valence-corrected chi connectivity index (χ0v) is 12.1. The van der Waals surface area contributed by atoms with E-state index in [1.165, 1.54) is 6.07 Å². The Morgan fingerprint density at radius 3 is 2.71 bits per heavy atom. The number of amides is 1. The lowest BCUT2D eigenvalue weighted by Gasteiger charge is -2.23. The van der Waals surface area contributed by atoms with Crippen LogP contribution in [0.15, 0.2) is 18.2 Å². The third-order valence-corrected chi connectivity index (χ3v) is 4.85. The Bertz CT molecular complexity index is 591. The maximum absolute atomic E-state index is 12.4. The van der Waals surface area contributed by atoms with Crippen molar-refractivity contribution < 1.29 is 14.7 Å². The number of carboxylic acid groups (broad SMARTS) is 1. The average Bonchev–Trinajstić information content (AvgIpc) is 3.15. The molecular formula is C16H20N2O3. The molecule has 2 aliphatic rings. The van der Waals surface area contributed by atoms with Crippen LogP contribution in [0.3, 0.4) is 0 Å². The predicted octanol–water partition coefficient (Wildman–Crippen LogP) is 2.02. The summed E-state index contributed by atoms with van der Waals surface area (Å²) >= 11 is 0. The molecule has 1 aliphatic heterocycles. The van der Waals surface area contributed by atoms with Crippen LogP contribution in [0.2, 0.25) is 0 Å². The van der Waals surface area contributed by atoms with E-state index in [1.54, 1.807) is 12.1 Å². The lowest BCUT2D eigenvalue weighted by Crippen LogP contribution is -2.31. The number of rotatable bonds is 3. The monoisotopic (exact) mass is 288 g/mol. The van der Waals surface area contributed by atoms with E-state index in [0.717, 1.165) is 37.9 Å². The number of benzene rings is 1. The minimum absolute atomic E-state index is 0.0301. The molecule has 5 nitrogen and oxygen atoms in total. The molecule has 1 atom stereocenters. The molecule has 112 valence electrons. The first-order chi connectivity index (χ1) is 10.0. The van der Waals surface area contributed by atoms with Crippen molar-refractivity contribution in [3.8, 4) is 0 Å². The van der Waals surface area contributed by atoms with Crippen molar-refractivity contribution >= 4 is 17.6 Å². The summed E-state index contributed by atoms with van der Waals surface area (Å²) < 4.78 is 0. The maximum atomic E-state index is 12.4. The molecule has 1 aromatic carbocycles. The number of nitrogens with one attached hydrogen (secondary N) is 2. The highest BCUT2D eigenvalue weighted by Gasteiger charge is 2.57.